The van der Waals surface area contributed by atoms with Crippen molar-refractivity contribution in [2.24, 2.45) is 0 Å². The molecule has 8 nitrogen and oxygen atoms in total. The van der Waals surface area contributed by atoms with Crippen LogP contribution in [0.5, 0.6) is 5.75 Å². The highest BCUT2D eigenvalue weighted by molar-refractivity contribution is 7.92. The van der Waals surface area contributed by atoms with Crippen molar-refractivity contribution in [3.05, 3.63) is 87.9 Å². The summed E-state index contributed by atoms with van der Waals surface area (Å²) in [6.45, 7) is 7.75. The Morgan fingerprint density at radius 1 is 0.952 bits per heavy atom. The van der Waals surface area contributed by atoms with Gasteiger partial charge in [0.15, 0.2) is 0 Å². The van der Waals surface area contributed by atoms with Gasteiger partial charge in [-0.3, -0.25) is 13.9 Å². The number of nitrogens with zero attached hydrogens (tertiary/aromatic N) is 2. The van der Waals surface area contributed by atoms with E-state index >= 15 is 0 Å². The second-order valence-corrected chi connectivity index (χ2v) is 12.5. The summed E-state index contributed by atoms with van der Waals surface area (Å²) in [4.78, 5) is 28.4. The summed E-state index contributed by atoms with van der Waals surface area (Å²) >= 11 is 12.3. The van der Waals surface area contributed by atoms with Gasteiger partial charge in [0, 0.05) is 13.1 Å². The van der Waals surface area contributed by atoms with Crippen LogP contribution in [-0.4, -0.2) is 50.9 Å². The summed E-state index contributed by atoms with van der Waals surface area (Å²) < 4.78 is 34.5. The van der Waals surface area contributed by atoms with E-state index in [0.717, 1.165) is 22.7 Å². The number of benzene rings is 3. The smallest absolute Gasteiger partial charge is 0.264 e. The highest BCUT2D eigenvalue weighted by Gasteiger charge is 2.32. The summed E-state index contributed by atoms with van der Waals surface area (Å²) in [5, 5.41) is 3.53. The molecule has 0 bridgehead atoms. The van der Waals surface area contributed by atoms with E-state index in [1.165, 1.54) is 17.0 Å². The van der Waals surface area contributed by atoms with Crippen molar-refractivity contribution in [3.63, 3.8) is 0 Å². The van der Waals surface area contributed by atoms with E-state index in [0.29, 0.717) is 40.2 Å². The van der Waals surface area contributed by atoms with Gasteiger partial charge in [-0.1, -0.05) is 60.3 Å². The molecule has 0 heterocycles. The maximum Gasteiger partial charge on any atom is 0.264 e. The molecule has 0 saturated heterocycles. The number of aryl methyl sites for hydroxylation is 1. The molecule has 0 saturated carbocycles. The molecule has 3 aromatic rings. The number of hydrogen-bond acceptors (Lipinski definition) is 5. The van der Waals surface area contributed by atoms with Crippen LogP contribution in [0.2, 0.25) is 10.0 Å². The first kappa shape index (κ1) is 33.2. The molecular formula is C31H37Cl2N3O5S. The van der Waals surface area contributed by atoms with Crippen molar-refractivity contribution in [2.45, 2.75) is 58.0 Å². The summed E-state index contributed by atoms with van der Waals surface area (Å²) in [6, 6.07) is 17.0. The molecule has 226 valence electrons. The highest BCUT2D eigenvalue weighted by atomic mass is 35.5. The lowest BCUT2D eigenvalue weighted by Gasteiger charge is -2.32. The zero-order chi connectivity index (χ0) is 30.9. The third-order valence-corrected chi connectivity index (χ3v) is 9.18. The number of ether oxygens (including phenoxy) is 1. The molecule has 11 heteroatoms. The van der Waals surface area contributed by atoms with Crippen LogP contribution in [0.15, 0.2) is 71.6 Å². The first-order valence-corrected chi connectivity index (χ1v) is 16.0. The van der Waals surface area contributed by atoms with E-state index in [-0.39, 0.29) is 17.3 Å². The summed E-state index contributed by atoms with van der Waals surface area (Å²) in [7, 11) is -4.18. The molecule has 3 aromatic carbocycles. The van der Waals surface area contributed by atoms with E-state index in [2.05, 4.69) is 5.32 Å². The van der Waals surface area contributed by atoms with Crippen molar-refractivity contribution in [2.75, 3.05) is 24.0 Å². The van der Waals surface area contributed by atoms with E-state index < -0.39 is 28.5 Å². The fraction of sp³-hybridized carbons (Fsp3) is 0.355. The van der Waals surface area contributed by atoms with Crippen LogP contribution in [-0.2, 0) is 26.2 Å². The number of carbonyl (C=O) groups is 2. The van der Waals surface area contributed by atoms with Gasteiger partial charge < -0.3 is 15.0 Å². The number of anilines is 1. The normalized spacial score (nSPS) is 12.0. The third-order valence-electron chi connectivity index (χ3n) is 6.66. The third kappa shape index (κ3) is 8.63. The number of carbonyl (C=O) groups excluding carboxylic acids is 2. The van der Waals surface area contributed by atoms with Gasteiger partial charge in [-0.2, -0.15) is 0 Å². The molecule has 0 aliphatic carbocycles. The predicted molar refractivity (Wildman–Crippen MR) is 168 cm³/mol. The fourth-order valence-corrected chi connectivity index (χ4v) is 5.93. The van der Waals surface area contributed by atoms with Gasteiger partial charge in [0.1, 0.15) is 18.3 Å². The van der Waals surface area contributed by atoms with Crippen molar-refractivity contribution < 1.29 is 22.7 Å². The maximum absolute atomic E-state index is 14.0. The molecule has 0 aromatic heterocycles. The number of hydrogen-bond donors (Lipinski definition) is 1. The maximum atomic E-state index is 14.0. The lowest BCUT2D eigenvalue weighted by molar-refractivity contribution is -0.139. The van der Waals surface area contributed by atoms with Crippen molar-refractivity contribution >= 4 is 50.7 Å². The molecule has 0 radical (unpaired) electrons. The molecule has 1 unspecified atom stereocenters. The summed E-state index contributed by atoms with van der Waals surface area (Å²) in [5.74, 6) is -0.368. The SMILES string of the molecule is CCCCNC(=O)C(C)N(Cc1ccc(Cl)c(Cl)c1)C(=O)CN(c1ccc(C)cc1)S(=O)(=O)c1ccc(OCC)cc1. The molecule has 1 atom stereocenters. The molecule has 0 spiro atoms. The topological polar surface area (TPSA) is 96.0 Å². The Hall–Kier alpha value is -3.27. The van der Waals surface area contributed by atoms with Gasteiger partial charge >= 0.3 is 0 Å². The molecule has 3 rings (SSSR count). The molecule has 42 heavy (non-hydrogen) atoms. The number of rotatable bonds is 14. The quantitative estimate of drug-likeness (QED) is 0.212. The summed E-state index contributed by atoms with van der Waals surface area (Å²) in [5.41, 5.74) is 1.89. The first-order chi connectivity index (χ1) is 20.0. The number of unbranched alkanes of at least 4 members (excludes halogenated alkanes) is 1. The van der Waals surface area contributed by atoms with E-state index in [4.69, 9.17) is 27.9 Å². The molecule has 0 aliphatic heterocycles. The molecular weight excluding hydrogens is 597 g/mol. The number of amides is 2. The van der Waals surface area contributed by atoms with Crippen LogP contribution in [0.3, 0.4) is 0 Å². The Morgan fingerprint density at radius 3 is 2.21 bits per heavy atom. The Bertz CT molecular complexity index is 1460. The fourth-order valence-electron chi connectivity index (χ4n) is 4.19. The van der Waals surface area contributed by atoms with Gasteiger partial charge in [0.25, 0.3) is 10.0 Å². The van der Waals surface area contributed by atoms with Crippen LogP contribution in [0.1, 0.15) is 44.7 Å². The standard InChI is InChI=1S/C31H37Cl2N3O5S/c1-5-7-18-34-31(38)23(4)35(20-24-10-17-28(32)29(33)19-24)30(37)21-36(25-11-8-22(3)9-12-25)42(39,40)27-15-13-26(14-16-27)41-6-2/h8-17,19,23H,5-7,18,20-21H2,1-4H3,(H,34,38). The number of halogens is 2. The van der Waals surface area contributed by atoms with Gasteiger partial charge in [0.2, 0.25) is 11.8 Å². The average molecular weight is 635 g/mol. The van der Waals surface area contributed by atoms with E-state index in [1.807, 2.05) is 20.8 Å². The Morgan fingerprint density at radius 2 is 1.62 bits per heavy atom. The molecule has 0 aliphatic rings. The first-order valence-electron chi connectivity index (χ1n) is 13.8. The van der Waals surface area contributed by atoms with Gasteiger partial charge in [0.05, 0.1) is 27.2 Å². The monoisotopic (exact) mass is 633 g/mol. The predicted octanol–water partition coefficient (Wildman–Crippen LogP) is 6.23. The van der Waals surface area contributed by atoms with Crippen LogP contribution in [0.4, 0.5) is 5.69 Å². The minimum atomic E-state index is -4.18. The summed E-state index contributed by atoms with van der Waals surface area (Å²) in [6.07, 6.45) is 1.69. The largest absolute Gasteiger partial charge is 0.494 e. The minimum Gasteiger partial charge on any atom is -0.494 e. The van der Waals surface area contributed by atoms with Crippen molar-refractivity contribution in [1.29, 1.82) is 0 Å². The van der Waals surface area contributed by atoms with Crippen molar-refractivity contribution in [1.82, 2.24) is 10.2 Å². The van der Waals surface area contributed by atoms with Crippen LogP contribution >= 0.6 is 23.2 Å². The average Bonchev–Trinajstić information content (AvgIpc) is 2.97. The number of nitrogens with one attached hydrogen (secondary N) is 1. The highest BCUT2D eigenvalue weighted by Crippen LogP contribution is 2.27. The van der Waals surface area contributed by atoms with Crippen LogP contribution < -0.4 is 14.4 Å². The lowest BCUT2D eigenvalue weighted by atomic mass is 10.1. The van der Waals surface area contributed by atoms with Gasteiger partial charge in [-0.15, -0.1) is 0 Å². The van der Waals surface area contributed by atoms with E-state index in [9.17, 15) is 18.0 Å². The second-order valence-electron chi connectivity index (χ2n) is 9.84. The van der Waals surface area contributed by atoms with Crippen LogP contribution in [0.25, 0.3) is 0 Å². The Balaban J connectivity index is 2.00. The Kier molecular flexibility index (Phi) is 12.1. The van der Waals surface area contributed by atoms with Gasteiger partial charge in [-0.05, 0) is 81.3 Å². The zero-order valence-electron chi connectivity index (χ0n) is 24.3. The lowest BCUT2D eigenvalue weighted by Crippen LogP contribution is -2.51. The number of sulfonamides is 1. The second kappa shape index (κ2) is 15.3. The van der Waals surface area contributed by atoms with Gasteiger partial charge in [-0.25, -0.2) is 8.42 Å². The molecule has 0 fully saturated rings. The van der Waals surface area contributed by atoms with Crippen molar-refractivity contribution in [3.8, 4) is 5.75 Å². The molecule has 1 N–H and O–H groups in total. The molecule has 2 amide bonds. The van der Waals surface area contributed by atoms with Crippen LogP contribution in [0, 0.1) is 6.92 Å². The zero-order valence-corrected chi connectivity index (χ0v) is 26.6. The van der Waals surface area contributed by atoms with E-state index in [1.54, 1.807) is 61.5 Å². The Labute approximate surface area is 258 Å². The minimum absolute atomic E-state index is 0.000665.